The van der Waals surface area contributed by atoms with Gasteiger partial charge in [-0.05, 0) is 45.4 Å². The molecular weight excluding hydrogens is 264 g/mol. The van der Waals surface area contributed by atoms with Gasteiger partial charge >= 0.3 is 0 Å². The van der Waals surface area contributed by atoms with Gasteiger partial charge in [0, 0.05) is 37.3 Å². The van der Waals surface area contributed by atoms with Crippen LogP contribution in [0.1, 0.15) is 56.3 Å². The normalized spacial score (nSPS) is 29.4. The first-order valence-corrected chi connectivity index (χ1v) is 8.07. The van der Waals surface area contributed by atoms with Gasteiger partial charge in [-0.2, -0.15) is 5.10 Å². The van der Waals surface area contributed by atoms with Crippen molar-refractivity contribution < 1.29 is 4.79 Å². The summed E-state index contributed by atoms with van der Waals surface area (Å²) in [5, 5.41) is 11.1. The SMILES string of the molecule is Cc1nn(C)cc1C(C)NC(=O)CC1CC2CCC(C1)N2. The van der Waals surface area contributed by atoms with Gasteiger partial charge in [-0.25, -0.2) is 0 Å². The van der Waals surface area contributed by atoms with Crippen LogP contribution in [-0.4, -0.2) is 27.8 Å². The van der Waals surface area contributed by atoms with Crippen LogP contribution in [0.3, 0.4) is 0 Å². The van der Waals surface area contributed by atoms with Crippen LogP contribution in [0.4, 0.5) is 0 Å². The van der Waals surface area contributed by atoms with Gasteiger partial charge < -0.3 is 10.6 Å². The van der Waals surface area contributed by atoms with Gasteiger partial charge in [0.2, 0.25) is 5.91 Å². The zero-order valence-corrected chi connectivity index (χ0v) is 13.2. The lowest BCUT2D eigenvalue weighted by atomic mass is 9.89. The van der Waals surface area contributed by atoms with Crippen LogP contribution >= 0.6 is 0 Å². The van der Waals surface area contributed by atoms with Crippen molar-refractivity contribution in [1.29, 1.82) is 0 Å². The molecule has 2 bridgehead atoms. The summed E-state index contributed by atoms with van der Waals surface area (Å²) < 4.78 is 1.80. The molecule has 1 aromatic heterocycles. The van der Waals surface area contributed by atoms with Crippen molar-refractivity contribution in [3.8, 4) is 0 Å². The molecule has 116 valence electrons. The molecule has 3 atom stereocenters. The molecule has 5 heteroatoms. The van der Waals surface area contributed by atoms with Crippen LogP contribution in [0, 0.1) is 12.8 Å². The Morgan fingerprint density at radius 1 is 1.48 bits per heavy atom. The minimum absolute atomic E-state index is 0.0321. The van der Waals surface area contributed by atoms with Gasteiger partial charge in [0.05, 0.1) is 11.7 Å². The first-order valence-electron chi connectivity index (χ1n) is 8.07. The summed E-state index contributed by atoms with van der Waals surface area (Å²) in [5.74, 6) is 0.725. The standard InChI is InChI=1S/C16H26N4O/c1-10(15-9-20(3)19-11(15)2)17-16(21)8-12-6-13-4-5-14(7-12)18-13/h9-10,12-14,18H,4-8H2,1-3H3,(H,17,21). The van der Waals surface area contributed by atoms with Gasteiger partial charge in [0.25, 0.3) is 0 Å². The molecule has 0 radical (unpaired) electrons. The van der Waals surface area contributed by atoms with Crippen molar-refractivity contribution in [3.63, 3.8) is 0 Å². The van der Waals surface area contributed by atoms with E-state index in [0.717, 1.165) is 24.1 Å². The van der Waals surface area contributed by atoms with Gasteiger partial charge in [0.1, 0.15) is 0 Å². The fourth-order valence-corrected chi connectivity index (χ4v) is 4.03. The summed E-state index contributed by atoms with van der Waals surface area (Å²) in [6.45, 7) is 4.02. The molecule has 1 amide bonds. The second-order valence-electron chi connectivity index (χ2n) is 6.81. The van der Waals surface area contributed by atoms with Crippen molar-refractivity contribution >= 4 is 5.91 Å². The third-order valence-electron chi connectivity index (χ3n) is 4.94. The lowest BCUT2D eigenvalue weighted by molar-refractivity contribution is -0.122. The van der Waals surface area contributed by atoms with Crippen LogP contribution in [0.2, 0.25) is 0 Å². The number of nitrogens with zero attached hydrogens (tertiary/aromatic N) is 2. The lowest BCUT2D eigenvalue weighted by Crippen LogP contribution is -2.40. The summed E-state index contributed by atoms with van der Waals surface area (Å²) >= 11 is 0. The zero-order chi connectivity index (χ0) is 15.0. The second kappa shape index (κ2) is 5.79. The Balaban J connectivity index is 1.53. The van der Waals surface area contributed by atoms with Crippen LogP contribution in [0.25, 0.3) is 0 Å². The molecule has 2 aliphatic rings. The van der Waals surface area contributed by atoms with Crippen molar-refractivity contribution in [3.05, 3.63) is 17.5 Å². The van der Waals surface area contributed by atoms with Gasteiger partial charge in [0.15, 0.2) is 0 Å². The van der Waals surface area contributed by atoms with Crippen molar-refractivity contribution in [2.45, 2.75) is 64.1 Å². The Labute approximate surface area is 126 Å². The average Bonchev–Trinajstić information content (AvgIpc) is 2.91. The Morgan fingerprint density at radius 3 is 2.71 bits per heavy atom. The number of piperidine rings is 1. The number of nitrogens with one attached hydrogen (secondary N) is 2. The predicted octanol–water partition coefficient (Wildman–Crippen LogP) is 1.83. The maximum atomic E-state index is 12.3. The monoisotopic (exact) mass is 290 g/mol. The van der Waals surface area contributed by atoms with Gasteiger partial charge in [-0.15, -0.1) is 0 Å². The minimum atomic E-state index is 0.0321. The van der Waals surface area contributed by atoms with E-state index < -0.39 is 0 Å². The van der Waals surface area contributed by atoms with E-state index >= 15 is 0 Å². The van der Waals surface area contributed by atoms with E-state index in [0.29, 0.717) is 24.4 Å². The number of hydrogen-bond acceptors (Lipinski definition) is 3. The second-order valence-corrected chi connectivity index (χ2v) is 6.81. The van der Waals surface area contributed by atoms with E-state index in [9.17, 15) is 4.79 Å². The van der Waals surface area contributed by atoms with Crippen molar-refractivity contribution in [1.82, 2.24) is 20.4 Å². The maximum Gasteiger partial charge on any atom is 0.220 e. The van der Waals surface area contributed by atoms with E-state index in [-0.39, 0.29) is 11.9 Å². The molecule has 2 aliphatic heterocycles. The Bertz CT molecular complexity index is 512. The van der Waals surface area contributed by atoms with E-state index in [4.69, 9.17) is 0 Å². The number of hydrogen-bond donors (Lipinski definition) is 2. The number of aryl methyl sites for hydroxylation is 2. The molecule has 2 fully saturated rings. The molecule has 3 heterocycles. The van der Waals surface area contributed by atoms with Crippen LogP contribution < -0.4 is 10.6 Å². The first kappa shape index (κ1) is 14.6. The fourth-order valence-electron chi connectivity index (χ4n) is 4.03. The van der Waals surface area contributed by atoms with Crippen molar-refractivity contribution in [2.24, 2.45) is 13.0 Å². The molecule has 0 aliphatic carbocycles. The highest BCUT2D eigenvalue weighted by atomic mass is 16.1. The van der Waals surface area contributed by atoms with E-state index in [1.807, 2.05) is 27.1 Å². The van der Waals surface area contributed by atoms with E-state index in [1.54, 1.807) is 4.68 Å². The molecule has 3 unspecified atom stereocenters. The third kappa shape index (κ3) is 3.28. The minimum Gasteiger partial charge on any atom is -0.349 e. The Kier molecular flexibility index (Phi) is 4.02. The molecule has 0 saturated carbocycles. The quantitative estimate of drug-likeness (QED) is 0.889. The highest BCUT2D eigenvalue weighted by molar-refractivity contribution is 5.76. The summed E-state index contributed by atoms with van der Waals surface area (Å²) in [6.07, 6.45) is 7.54. The first-order chi connectivity index (χ1) is 10.0. The fraction of sp³-hybridized carbons (Fsp3) is 0.750. The molecule has 0 aromatic carbocycles. The lowest BCUT2D eigenvalue weighted by Gasteiger charge is -2.29. The molecule has 2 N–H and O–H groups in total. The molecule has 5 nitrogen and oxygen atoms in total. The van der Waals surface area contributed by atoms with Gasteiger partial charge in [-0.3, -0.25) is 9.48 Å². The van der Waals surface area contributed by atoms with Crippen LogP contribution in [-0.2, 0) is 11.8 Å². The number of rotatable bonds is 4. The molecule has 2 saturated heterocycles. The number of aromatic nitrogens is 2. The number of carbonyl (C=O) groups is 1. The summed E-state index contributed by atoms with van der Waals surface area (Å²) in [5.41, 5.74) is 2.10. The molecular formula is C16H26N4O. The van der Waals surface area contributed by atoms with Crippen LogP contribution in [0.15, 0.2) is 6.20 Å². The smallest absolute Gasteiger partial charge is 0.220 e. The highest BCUT2D eigenvalue weighted by Gasteiger charge is 2.34. The largest absolute Gasteiger partial charge is 0.349 e. The number of fused-ring (bicyclic) bond motifs is 2. The molecule has 21 heavy (non-hydrogen) atoms. The van der Waals surface area contributed by atoms with E-state index in [1.165, 1.54) is 12.8 Å². The van der Waals surface area contributed by atoms with Gasteiger partial charge in [-0.1, -0.05) is 0 Å². The van der Waals surface area contributed by atoms with Crippen molar-refractivity contribution in [2.75, 3.05) is 0 Å². The molecule has 1 aromatic rings. The summed E-state index contributed by atoms with van der Waals surface area (Å²) in [6, 6.07) is 1.34. The zero-order valence-electron chi connectivity index (χ0n) is 13.2. The predicted molar refractivity (Wildman–Crippen MR) is 81.8 cm³/mol. The highest BCUT2D eigenvalue weighted by Crippen LogP contribution is 2.32. The Hall–Kier alpha value is -1.36. The number of carbonyl (C=O) groups excluding carboxylic acids is 1. The van der Waals surface area contributed by atoms with Crippen LogP contribution in [0.5, 0.6) is 0 Å². The topological polar surface area (TPSA) is 59.0 Å². The van der Waals surface area contributed by atoms with E-state index in [2.05, 4.69) is 15.7 Å². The third-order valence-corrected chi connectivity index (χ3v) is 4.94. The molecule has 0 spiro atoms. The molecule has 3 rings (SSSR count). The Morgan fingerprint density at radius 2 is 2.14 bits per heavy atom. The number of amides is 1. The average molecular weight is 290 g/mol. The summed E-state index contributed by atoms with van der Waals surface area (Å²) in [7, 11) is 1.91. The maximum absolute atomic E-state index is 12.3. The summed E-state index contributed by atoms with van der Waals surface area (Å²) in [4.78, 5) is 12.3.